The van der Waals surface area contributed by atoms with Crippen LogP contribution < -0.4 is 10.6 Å². The van der Waals surface area contributed by atoms with Crippen LogP contribution in [0.15, 0.2) is 60.7 Å². The largest absolute Gasteiger partial charge is 0.312 e. The Bertz CT molecular complexity index is 1430. The van der Waals surface area contributed by atoms with E-state index in [2.05, 4.69) is 10.6 Å². The molecule has 6 fully saturated rings. The van der Waals surface area contributed by atoms with Gasteiger partial charge in [-0.3, -0.25) is 9.59 Å². The first-order valence-electron chi connectivity index (χ1n) is 15.4. The molecule has 6 aliphatic rings. The van der Waals surface area contributed by atoms with Crippen LogP contribution in [-0.2, 0) is 9.59 Å². The Morgan fingerprint density at radius 3 is 1.59 bits per heavy atom. The van der Waals surface area contributed by atoms with E-state index in [-0.39, 0.29) is 35.2 Å². The normalized spacial score (nSPS) is 40.2. The van der Waals surface area contributed by atoms with Crippen molar-refractivity contribution in [3.05, 3.63) is 66.5 Å². The van der Waals surface area contributed by atoms with Crippen LogP contribution in [0.3, 0.4) is 0 Å². The van der Waals surface area contributed by atoms with Crippen molar-refractivity contribution in [3.63, 3.8) is 0 Å². The van der Waals surface area contributed by atoms with Crippen molar-refractivity contribution in [1.29, 1.82) is 0 Å². The molecule has 0 spiro atoms. The van der Waals surface area contributed by atoms with Crippen molar-refractivity contribution in [2.75, 3.05) is 13.1 Å². The molecule has 0 amide bonds. The van der Waals surface area contributed by atoms with Crippen LogP contribution in [-0.4, -0.2) is 68.7 Å². The first-order valence-corrected chi connectivity index (χ1v) is 16.9. The molecule has 8 unspecified atom stereocenters. The van der Waals surface area contributed by atoms with E-state index in [1.807, 2.05) is 60.7 Å². The first kappa shape index (κ1) is 24.7. The number of nitrogens with one attached hydrogen (secondary N) is 2. The molecule has 2 aromatic carbocycles. The fraction of sp³-hybridized carbons (Fsp3) is 0.485. The molecule has 1 aliphatic carbocycles. The van der Waals surface area contributed by atoms with Gasteiger partial charge in [-0.25, -0.2) is 15.0 Å². The number of carbonyl (C=O) groups is 2. The number of hydrogen-bond acceptors (Lipinski definition) is 7. The van der Waals surface area contributed by atoms with E-state index in [1.165, 1.54) is 0 Å². The molecule has 8 atom stereocenters. The predicted octanol–water partition coefficient (Wildman–Crippen LogP) is 4.04. The molecule has 0 bridgehead atoms. The second kappa shape index (κ2) is 9.32. The zero-order valence-corrected chi connectivity index (χ0v) is 23.8. The Hall–Kier alpha value is -2.86. The molecule has 1 aromatic heterocycles. The van der Waals surface area contributed by atoms with Gasteiger partial charge in [-0.1, -0.05) is 68.6 Å². The van der Waals surface area contributed by atoms with Crippen LogP contribution in [0.5, 0.6) is 0 Å². The van der Waals surface area contributed by atoms with Crippen molar-refractivity contribution in [2.45, 2.75) is 60.7 Å². The van der Waals surface area contributed by atoms with Gasteiger partial charge in [-0.05, 0) is 44.4 Å². The number of nitrogens with zero attached hydrogens (tertiary/aromatic N) is 3. The van der Waals surface area contributed by atoms with Crippen molar-refractivity contribution in [2.24, 2.45) is 23.7 Å². The molecule has 0 radical (unpaired) electrons. The molecule has 208 valence electrons. The summed E-state index contributed by atoms with van der Waals surface area (Å²) in [6.07, 6.45) is 3.40. The molecule has 9 rings (SSSR count). The minimum Gasteiger partial charge on any atom is -0.312 e. The van der Waals surface area contributed by atoms with E-state index in [1.54, 1.807) is 0 Å². The van der Waals surface area contributed by atoms with Crippen molar-refractivity contribution >= 4 is 19.5 Å². The zero-order chi connectivity index (χ0) is 27.2. The zero-order valence-electron chi connectivity index (χ0n) is 22.9. The van der Waals surface area contributed by atoms with Crippen molar-refractivity contribution < 1.29 is 9.59 Å². The van der Waals surface area contributed by atoms with Crippen molar-refractivity contribution in [1.82, 2.24) is 25.6 Å². The Morgan fingerprint density at radius 1 is 0.610 bits per heavy atom. The third-order valence-electron chi connectivity index (χ3n) is 11.1. The summed E-state index contributed by atoms with van der Waals surface area (Å²) in [7, 11) is -0.403. The summed E-state index contributed by atoms with van der Waals surface area (Å²) in [6.45, 7) is 1.81. The van der Waals surface area contributed by atoms with Crippen LogP contribution >= 0.6 is 7.92 Å². The van der Waals surface area contributed by atoms with E-state index in [0.29, 0.717) is 46.6 Å². The SMILES string of the molecule is O=C1C2CC(c3nc(-c4ccccc4)nc(-c4ccccc4)n3)CC3C(=O)C4CCNC5C6NCCC1C6P(C23)C45. The summed E-state index contributed by atoms with van der Waals surface area (Å²) >= 11 is 0. The minimum atomic E-state index is -0.403. The lowest BCUT2D eigenvalue weighted by Crippen LogP contribution is -2.60. The lowest BCUT2D eigenvalue weighted by atomic mass is 9.66. The number of rotatable bonds is 3. The van der Waals surface area contributed by atoms with Gasteiger partial charge < -0.3 is 10.6 Å². The van der Waals surface area contributed by atoms with Crippen LogP contribution in [0.1, 0.15) is 37.4 Å². The Balaban J connectivity index is 1.15. The van der Waals surface area contributed by atoms with Crippen LogP contribution in [0.2, 0.25) is 0 Å². The van der Waals surface area contributed by atoms with Crippen LogP contribution in [0.4, 0.5) is 0 Å². The Kier molecular flexibility index (Phi) is 5.62. The number of aromatic nitrogens is 3. The van der Waals surface area contributed by atoms with Gasteiger partial charge in [-0.2, -0.15) is 0 Å². The standard InChI is InChI=1S/C33H34N5O2P/c39-26-20-11-13-34-24-25-30-21(12-14-35-25)27(40)23-16-19(15-22(26)28(23)41(30)29(20)24)33-37-31(17-7-3-1-4-8-17)36-32(38-33)18-9-5-2-6-10-18/h1-10,19-25,28-30,34-35H,11-16H2. The Morgan fingerprint density at radius 2 is 1.10 bits per heavy atom. The molecule has 2 N–H and O–H groups in total. The van der Waals surface area contributed by atoms with E-state index in [0.717, 1.165) is 55.7 Å². The van der Waals surface area contributed by atoms with E-state index >= 15 is 0 Å². The number of Topliss-reactive ketones (excluding diaryl/α,β-unsaturated/α-hetero) is 2. The maximum Gasteiger partial charge on any atom is 0.163 e. The molecular weight excluding hydrogens is 529 g/mol. The molecule has 5 aliphatic heterocycles. The van der Waals surface area contributed by atoms with Gasteiger partial charge in [0.25, 0.3) is 0 Å². The summed E-state index contributed by atoms with van der Waals surface area (Å²) in [6, 6.07) is 20.8. The molecule has 8 heteroatoms. The second-order valence-corrected chi connectivity index (χ2v) is 15.6. The van der Waals surface area contributed by atoms with Crippen molar-refractivity contribution in [3.8, 4) is 22.8 Å². The third kappa shape index (κ3) is 3.58. The monoisotopic (exact) mass is 563 g/mol. The summed E-state index contributed by atoms with van der Waals surface area (Å²) in [4.78, 5) is 43.7. The average Bonchev–Trinajstić information content (AvgIpc) is 3.38. The second-order valence-electron chi connectivity index (χ2n) is 12.9. The highest BCUT2D eigenvalue weighted by Crippen LogP contribution is 2.75. The first-order chi connectivity index (χ1) is 20.2. The quantitative estimate of drug-likeness (QED) is 0.465. The topological polar surface area (TPSA) is 96.9 Å². The number of piperidine rings is 2. The molecule has 1 saturated carbocycles. The van der Waals surface area contributed by atoms with Crippen LogP contribution in [0, 0.1) is 23.7 Å². The van der Waals surface area contributed by atoms with Gasteiger partial charge in [-0.15, -0.1) is 0 Å². The summed E-state index contributed by atoms with van der Waals surface area (Å²) in [5.74, 6) is 3.10. The molecule has 5 saturated heterocycles. The molecule has 3 aromatic rings. The molecular formula is C33H34N5O2P. The lowest BCUT2D eigenvalue weighted by Gasteiger charge is -2.57. The van der Waals surface area contributed by atoms with E-state index in [9.17, 15) is 9.59 Å². The average molecular weight is 564 g/mol. The van der Waals surface area contributed by atoms with E-state index in [4.69, 9.17) is 15.0 Å². The number of ketones is 2. The highest BCUT2D eigenvalue weighted by molar-refractivity contribution is 7.61. The van der Waals surface area contributed by atoms with Gasteiger partial charge in [0.05, 0.1) is 0 Å². The van der Waals surface area contributed by atoms with Gasteiger partial charge in [0, 0.05) is 64.1 Å². The summed E-state index contributed by atoms with van der Waals surface area (Å²) in [5.41, 5.74) is 3.01. The third-order valence-corrected chi connectivity index (χ3v) is 15.2. The van der Waals surface area contributed by atoms with E-state index < -0.39 is 7.92 Å². The van der Waals surface area contributed by atoms with Gasteiger partial charge in [0.15, 0.2) is 11.6 Å². The lowest BCUT2D eigenvalue weighted by molar-refractivity contribution is -0.134. The molecule has 41 heavy (non-hydrogen) atoms. The smallest absolute Gasteiger partial charge is 0.163 e. The predicted molar refractivity (Wildman–Crippen MR) is 158 cm³/mol. The Labute approximate surface area is 241 Å². The summed E-state index contributed by atoms with van der Waals surface area (Å²) < 4.78 is 0. The number of fused-ring (bicyclic) bond motifs is 1. The summed E-state index contributed by atoms with van der Waals surface area (Å²) in [5, 5.41) is 7.64. The minimum absolute atomic E-state index is 0.0252. The number of benzene rings is 2. The maximum absolute atomic E-state index is 14.3. The van der Waals surface area contributed by atoms with Gasteiger partial charge in [0.1, 0.15) is 17.4 Å². The molecule has 7 nitrogen and oxygen atoms in total. The van der Waals surface area contributed by atoms with Gasteiger partial charge >= 0.3 is 0 Å². The highest BCUT2D eigenvalue weighted by Gasteiger charge is 2.70. The van der Waals surface area contributed by atoms with Gasteiger partial charge in [0.2, 0.25) is 0 Å². The molecule has 6 heterocycles. The fourth-order valence-corrected chi connectivity index (χ4v) is 14.9. The number of hydrogen-bond donors (Lipinski definition) is 2. The fourth-order valence-electron chi connectivity index (χ4n) is 9.60. The number of carbonyl (C=O) groups excluding carboxylic acids is 2. The van der Waals surface area contributed by atoms with Crippen LogP contribution in [0.25, 0.3) is 22.8 Å². The highest BCUT2D eigenvalue weighted by atomic mass is 31.1. The maximum atomic E-state index is 14.3.